The molecule has 1 heterocycles. The second-order valence-corrected chi connectivity index (χ2v) is 5.09. The predicted octanol–water partition coefficient (Wildman–Crippen LogP) is 3.66. The van der Waals surface area contributed by atoms with E-state index in [1.165, 1.54) is 0 Å². The summed E-state index contributed by atoms with van der Waals surface area (Å²) in [7, 11) is 0. The number of ether oxygens (including phenoxy) is 2. The highest BCUT2D eigenvalue weighted by Gasteiger charge is 2.08. The zero-order chi connectivity index (χ0) is 14.4. The van der Waals surface area contributed by atoms with E-state index in [4.69, 9.17) is 21.1 Å². The first-order valence-electron chi connectivity index (χ1n) is 6.09. The van der Waals surface area contributed by atoms with Gasteiger partial charge >= 0.3 is 12.0 Å². The Balaban J connectivity index is 2.05. The van der Waals surface area contributed by atoms with Gasteiger partial charge in [-0.3, -0.25) is 0 Å². The minimum atomic E-state index is 0.0493. The lowest BCUT2D eigenvalue weighted by molar-refractivity contribution is 0.254. The van der Waals surface area contributed by atoms with Crippen LogP contribution in [0.1, 0.15) is 18.9 Å². The zero-order valence-corrected chi connectivity index (χ0v) is 13.2. The van der Waals surface area contributed by atoms with Gasteiger partial charge in [0.15, 0.2) is 0 Å². The molecule has 0 aliphatic rings. The molecule has 0 spiro atoms. The van der Waals surface area contributed by atoms with E-state index in [0.29, 0.717) is 13.2 Å². The molecule has 106 valence electrons. The number of hydrogen-bond donors (Lipinski definition) is 0. The third-order valence-electron chi connectivity index (χ3n) is 2.32. The summed E-state index contributed by atoms with van der Waals surface area (Å²) in [5.74, 6) is 0. The highest BCUT2D eigenvalue weighted by Crippen LogP contribution is 2.19. The van der Waals surface area contributed by atoms with Crippen molar-refractivity contribution in [3.8, 4) is 12.0 Å². The molecule has 2 rings (SSSR count). The van der Waals surface area contributed by atoms with E-state index in [0.717, 1.165) is 16.5 Å². The number of halogens is 2. The summed E-state index contributed by atoms with van der Waals surface area (Å²) in [5.41, 5.74) is 0.986. The highest BCUT2D eigenvalue weighted by molar-refractivity contribution is 9.10. The van der Waals surface area contributed by atoms with Crippen molar-refractivity contribution in [2.24, 2.45) is 0 Å². The summed E-state index contributed by atoms with van der Waals surface area (Å²) >= 11 is 9.26. The largest absolute Gasteiger partial charge is 0.463 e. The van der Waals surface area contributed by atoms with Gasteiger partial charge < -0.3 is 9.47 Å². The predicted molar refractivity (Wildman–Crippen MR) is 79.1 cm³/mol. The van der Waals surface area contributed by atoms with Crippen LogP contribution in [-0.4, -0.2) is 21.6 Å². The quantitative estimate of drug-likeness (QED) is 0.789. The molecule has 20 heavy (non-hydrogen) atoms. The SMILES string of the molecule is CCCOc1nc(Cl)nc(OCc2ccccc2Br)n1. The van der Waals surface area contributed by atoms with Crippen molar-refractivity contribution >= 4 is 27.5 Å². The minimum absolute atomic E-state index is 0.0493. The summed E-state index contributed by atoms with van der Waals surface area (Å²) < 4.78 is 11.8. The van der Waals surface area contributed by atoms with Crippen LogP contribution >= 0.6 is 27.5 Å². The average Bonchev–Trinajstić information content (AvgIpc) is 2.44. The smallest absolute Gasteiger partial charge is 0.324 e. The van der Waals surface area contributed by atoms with Crippen molar-refractivity contribution in [1.82, 2.24) is 15.0 Å². The Morgan fingerprint density at radius 1 is 1.10 bits per heavy atom. The van der Waals surface area contributed by atoms with Crippen LogP contribution in [0, 0.1) is 0 Å². The number of nitrogens with zero attached hydrogens (tertiary/aromatic N) is 3. The molecule has 0 atom stereocenters. The second-order valence-electron chi connectivity index (χ2n) is 3.90. The molecular weight excluding hydrogens is 346 g/mol. The third kappa shape index (κ3) is 4.31. The van der Waals surface area contributed by atoms with Crippen LogP contribution in [0.25, 0.3) is 0 Å². The second kappa shape index (κ2) is 7.40. The van der Waals surface area contributed by atoms with Gasteiger partial charge in [0.2, 0.25) is 5.28 Å². The Bertz CT molecular complexity index is 583. The molecule has 0 aliphatic heterocycles. The van der Waals surface area contributed by atoms with Gasteiger partial charge in [-0.1, -0.05) is 41.1 Å². The molecule has 0 aliphatic carbocycles. The Morgan fingerprint density at radius 3 is 2.50 bits per heavy atom. The summed E-state index contributed by atoms with van der Waals surface area (Å²) in [6.45, 7) is 2.84. The maximum absolute atomic E-state index is 5.81. The minimum Gasteiger partial charge on any atom is -0.463 e. The molecule has 7 heteroatoms. The summed E-state index contributed by atoms with van der Waals surface area (Å²) in [4.78, 5) is 11.8. The molecule has 1 aromatic carbocycles. The van der Waals surface area contributed by atoms with Gasteiger partial charge in [0.25, 0.3) is 0 Å². The fourth-order valence-electron chi connectivity index (χ4n) is 1.39. The molecule has 2 aromatic rings. The number of rotatable bonds is 6. The van der Waals surface area contributed by atoms with E-state index in [2.05, 4.69) is 30.9 Å². The molecule has 0 unspecified atom stereocenters. The van der Waals surface area contributed by atoms with Crippen molar-refractivity contribution in [2.75, 3.05) is 6.61 Å². The fraction of sp³-hybridized carbons (Fsp3) is 0.308. The number of aromatic nitrogens is 3. The standard InChI is InChI=1S/C13H13BrClN3O2/c1-2-7-19-12-16-11(15)17-13(18-12)20-8-9-5-3-4-6-10(9)14/h3-6H,2,7-8H2,1H3. The van der Waals surface area contributed by atoms with Crippen LogP contribution in [0.15, 0.2) is 28.7 Å². The average molecular weight is 359 g/mol. The molecular formula is C13H13BrClN3O2. The van der Waals surface area contributed by atoms with Crippen molar-refractivity contribution in [3.05, 3.63) is 39.6 Å². The van der Waals surface area contributed by atoms with Gasteiger partial charge in [0.1, 0.15) is 6.61 Å². The Morgan fingerprint density at radius 2 is 1.80 bits per heavy atom. The molecule has 5 nitrogen and oxygen atoms in total. The Kier molecular flexibility index (Phi) is 5.55. The maximum atomic E-state index is 5.81. The van der Waals surface area contributed by atoms with Crippen LogP contribution in [0.2, 0.25) is 5.28 Å². The van der Waals surface area contributed by atoms with Crippen molar-refractivity contribution in [2.45, 2.75) is 20.0 Å². The topological polar surface area (TPSA) is 57.1 Å². The maximum Gasteiger partial charge on any atom is 0.324 e. The molecule has 0 N–H and O–H groups in total. The number of hydrogen-bond acceptors (Lipinski definition) is 5. The van der Waals surface area contributed by atoms with E-state index < -0.39 is 0 Å². The highest BCUT2D eigenvalue weighted by atomic mass is 79.9. The molecule has 0 saturated heterocycles. The lowest BCUT2D eigenvalue weighted by Gasteiger charge is -2.08. The first kappa shape index (κ1) is 15.0. The van der Waals surface area contributed by atoms with Crippen LogP contribution in [0.5, 0.6) is 12.0 Å². The van der Waals surface area contributed by atoms with Crippen molar-refractivity contribution < 1.29 is 9.47 Å². The molecule has 0 amide bonds. The van der Waals surface area contributed by atoms with Crippen molar-refractivity contribution in [3.63, 3.8) is 0 Å². The van der Waals surface area contributed by atoms with Crippen LogP contribution in [-0.2, 0) is 6.61 Å². The summed E-state index contributed by atoms with van der Waals surface area (Å²) in [6, 6.07) is 8.07. The molecule has 0 radical (unpaired) electrons. The lowest BCUT2D eigenvalue weighted by atomic mass is 10.2. The summed E-state index contributed by atoms with van der Waals surface area (Å²) in [6.07, 6.45) is 0.858. The van der Waals surface area contributed by atoms with Gasteiger partial charge in [-0.25, -0.2) is 0 Å². The van der Waals surface area contributed by atoms with Gasteiger partial charge in [0, 0.05) is 10.0 Å². The zero-order valence-electron chi connectivity index (χ0n) is 10.8. The molecule has 0 bridgehead atoms. The first-order valence-corrected chi connectivity index (χ1v) is 7.26. The summed E-state index contributed by atoms with van der Waals surface area (Å²) in [5, 5.41) is 0.0493. The normalized spacial score (nSPS) is 10.3. The van der Waals surface area contributed by atoms with Gasteiger partial charge in [-0.05, 0) is 24.1 Å². The van der Waals surface area contributed by atoms with Gasteiger partial charge in [-0.2, -0.15) is 9.97 Å². The van der Waals surface area contributed by atoms with E-state index >= 15 is 0 Å². The monoisotopic (exact) mass is 357 g/mol. The Hall–Kier alpha value is -1.40. The fourth-order valence-corrected chi connectivity index (χ4v) is 1.94. The van der Waals surface area contributed by atoms with Crippen LogP contribution in [0.4, 0.5) is 0 Å². The van der Waals surface area contributed by atoms with Crippen molar-refractivity contribution in [1.29, 1.82) is 0 Å². The van der Waals surface area contributed by atoms with E-state index in [9.17, 15) is 0 Å². The van der Waals surface area contributed by atoms with E-state index in [-0.39, 0.29) is 17.3 Å². The Labute approximate surface area is 130 Å². The van der Waals surface area contributed by atoms with Crippen LogP contribution in [0.3, 0.4) is 0 Å². The molecule has 0 saturated carbocycles. The lowest BCUT2D eigenvalue weighted by Crippen LogP contribution is -2.05. The third-order valence-corrected chi connectivity index (χ3v) is 3.26. The van der Waals surface area contributed by atoms with Gasteiger partial charge in [0.05, 0.1) is 6.61 Å². The first-order chi connectivity index (χ1) is 9.69. The molecule has 1 aromatic heterocycles. The van der Waals surface area contributed by atoms with Gasteiger partial charge in [-0.15, -0.1) is 4.98 Å². The van der Waals surface area contributed by atoms with Crippen LogP contribution < -0.4 is 9.47 Å². The number of benzene rings is 1. The molecule has 0 fully saturated rings. The van der Waals surface area contributed by atoms with E-state index in [1.807, 2.05) is 31.2 Å². The van der Waals surface area contributed by atoms with E-state index in [1.54, 1.807) is 0 Å².